The molecule has 1 N–H and O–H groups in total. The molecule has 1 saturated heterocycles. The molecule has 152 valence electrons. The van der Waals surface area contributed by atoms with E-state index in [9.17, 15) is 9.59 Å². The summed E-state index contributed by atoms with van der Waals surface area (Å²) in [6.07, 6.45) is 0. The highest BCUT2D eigenvalue weighted by Crippen LogP contribution is 2.45. The van der Waals surface area contributed by atoms with Gasteiger partial charge in [-0.1, -0.05) is 36.4 Å². The molecule has 0 aromatic heterocycles. The van der Waals surface area contributed by atoms with E-state index in [-0.39, 0.29) is 17.2 Å². The van der Waals surface area contributed by atoms with Crippen LogP contribution in [0.2, 0.25) is 0 Å². The second-order valence-corrected chi connectivity index (χ2v) is 8.12. The molecular weight excluding hydrogens is 396 g/mol. The molecule has 1 aliphatic heterocycles. The van der Waals surface area contributed by atoms with Gasteiger partial charge in [0, 0.05) is 11.3 Å². The van der Waals surface area contributed by atoms with E-state index < -0.39 is 0 Å². The van der Waals surface area contributed by atoms with Crippen molar-refractivity contribution in [1.29, 1.82) is 0 Å². The van der Waals surface area contributed by atoms with Gasteiger partial charge in [-0.15, -0.1) is 11.8 Å². The molecule has 2 amide bonds. The molecule has 6 heteroatoms. The van der Waals surface area contributed by atoms with Gasteiger partial charge in [-0.05, 0) is 54.4 Å². The Hall–Kier alpha value is -3.25. The Labute approximate surface area is 180 Å². The van der Waals surface area contributed by atoms with E-state index in [4.69, 9.17) is 4.74 Å². The van der Waals surface area contributed by atoms with Crippen molar-refractivity contribution >= 4 is 35.0 Å². The van der Waals surface area contributed by atoms with Crippen LogP contribution < -0.4 is 15.0 Å². The van der Waals surface area contributed by atoms with Crippen molar-refractivity contribution in [2.24, 2.45) is 0 Å². The summed E-state index contributed by atoms with van der Waals surface area (Å²) in [5.74, 6) is 0.922. The fraction of sp³-hybridized carbons (Fsp3) is 0.167. The molecule has 1 aliphatic rings. The molecule has 0 bridgehead atoms. The number of anilines is 2. The van der Waals surface area contributed by atoms with E-state index in [0.717, 1.165) is 16.8 Å². The molecule has 0 aliphatic carbocycles. The van der Waals surface area contributed by atoms with Gasteiger partial charge < -0.3 is 10.1 Å². The number of ether oxygens (including phenoxy) is 1. The first kappa shape index (κ1) is 20.0. The van der Waals surface area contributed by atoms with Crippen LogP contribution in [0.15, 0.2) is 72.8 Å². The van der Waals surface area contributed by atoms with Gasteiger partial charge in [-0.25, -0.2) is 0 Å². The number of amides is 2. The molecule has 30 heavy (non-hydrogen) atoms. The number of nitrogens with one attached hydrogen (secondary N) is 1. The number of carbonyl (C=O) groups excluding carboxylic acids is 2. The molecule has 5 nitrogen and oxygen atoms in total. The fourth-order valence-corrected chi connectivity index (χ4v) is 4.64. The molecule has 1 heterocycles. The van der Waals surface area contributed by atoms with Gasteiger partial charge in [0.15, 0.2) is 0 Å². The van der Waals surface area contributed by atoms with Crippen LogP contribution in [0, 0.1) is 6.92 Å². The Bertz CT molecular complexity index is 1080. The molecule has 0 saturated carbocycles. The van der Waals surface area contributed by atoms with Gasteiger partial charge in [-0.3, -0.25) is 14.5 Å². The van der Waals surface area contributed by atoms with Crippen molar-refractivity contribution in [3.63, 3.8) is 0 Å². The monoisotopic (exact) mass is 418 g/mol. The van der Waals surface area contributed by atoms with E-state index in [1.807, 2.05) is 67.6 Å². The summed E-state index contributed by atoms with van der Waals surface area (Å²) in [6.45, 7) is 1.99. The van der Waals surface area contributed by atoms with Crippen molar-refractivity contribution in [1.82, 2.24) is 0 Å². The summed E-state index contributed by atoms with van der Waals surface area (Å²) < 4.78 is 5.51. The Morgan fingerprint density at radius 1 is 1.07 bits per heavy atom. The maximum atomic E-state index is 12.8. The average molecular weight is 419 g/mol. The van der Waals surface area contributed by atoms with Crippen LogP contribution in [0.4, 0.5) is 11.4 Å². The number of aryl methyl sites for hydroxylation is 1. The average Bonchev–Trinajstić information content (AvgIpc) is 3.15. The molecular formula is C24H22N2O3S. The first-order chi connectivity index (χ1) is 14.6. The van der Waals surface area contributed by atoms with Crippen molar-refractivity contribution in [3.05, 3.63) is 89.5 Å². The lowest BCUT2D eigenvalue weighted by Crippen LogP contribution is -2.28. The van der Waals surface area contributed by atoms with Crippen molar-refractivity contribution in [3.8, 4) is 5.75 Å². The third-order valence-corrected chi connectivity index (χ3v) is 6.14. The summed E-state index contributed by atoms with van der Waals surface area (Å²) in [4.78, 5) is 27.1. The van der Waals surface area contributed by atoms with E-state index in [0.29, 0.717) is 22.8 Å². The van der Waals surface area contributed by atoms with Crippen molar-refractivity contribution in [2.75, 3.05) is 23.1 Å². The van der Waals surface area contributed by atoms with Gasteiger partial charge in [0.05, 0.1) is 18.6 Å². The van der Waals surface area contributed by atoms with Gasteiger partial charge in [0.25, 0.3) is 5.91 Å². The maximum Gasteiger partial charge on any atom is 0.255 e. The van der Waals surface area contributed by atoms with E-state index in [2.05, 4.69) is 5.32 Å². The largest absolute Gasteiger partial charge is 0.495 e. The predicted molar refractivity (Wildman–Crippen MR) is 121 cm³/mol. The standard InChI is InChI=1S/C24H22N2O3S/c1-16-11-12-21(29-2)20(13-16)26-22(27)15-30-24(26)18-9-6-10-19(14-18)25-23(28)17-7-4-3-5-8-17/h3-14,24H,15H2,1-2H3,(H,25,28)/t24-/m1/s1. The molecule has 0 radical (unpaired) electrons. The number of carbonyl (C=O) groups is 2. The van der Waals surface area contributed by atoms with Crippen LogP contribution in [0.5, 0.6) is 5.75 Å². The zero-order valence-corrected chi connectivity index (χ0v) is 17.6. The molecule has 0 spiro atoms. The number of hydrogen-bond donors (Lipinski definition) is 1. The first-order valence-corrected chi connectivity index (χ1v) is 10.7. The summed E-state index contributed by atoms with van der Waals surface area (Å²) in [6, 6.07) is 22.5. The predicted octanol–water partition coefficient (Wildman–Crippen LogP) is 5.03. The number of benzene rings is 3. The molecule has 4 rings (SSSR count). The van der Waals surface area contributed by atoms with Gasteiger partial charge in [-0.2, -0.15) is 0 Å². The van der Waals surface area contributed by atoms with Crippen LogP contribution in [0.3, 0.4) is 0 Å². The Morgan fingerprint density at radius 3 is 2.63 bits per heavy atom. The molecule has 1 atom stereocenters. The SMILES string of the molecule is COc1ccc(C)cc1N1C(=O)CS[C@@H]1c1cccc(NC(=O)c2ccccc2)c1. The zero-order valence-electron chi connectivity index (χ0n) is 16.8. The number of nitrogens with zero attached hydrogens (tertiary/aromatic N) is 1. The summed E-state index contributed by atoms with van der Waals surface area (Å²) in [7, 11) is 1.61. The van der Waals surface area contributed by atoms with Gasteiger partial charge >= 0.3 is 0 Å². The highest BCUT2D eigenvalue weighted by molar-refractivity contribution is 8.00. The Kier molecular flexibility index (Phi) is 5.77. The second kappa shape index (κ2) is 8.63. The highest BCUT2D eigenvalue weighted by atomic mass is 32.2. The Balaban J connectivity index is 1.63. The summed E-state index contributed by atoms with van der Waals surface area (Å²) in [5.41, 5.74) is 4.05. The molecule has 0 unspecified atom stereocenters. The fourth-order valence-electron chi connectivity index (χ4n) is 3.48. The molecule has 1 fully saturated rings. The first-order valence-electron chi connectivity index (χ1n) is 9.61. The lowest BCUT2D eigenvalue weighted by Gasteiger charge is -2.26. The highest BCUT2D eigenvalue weighted by Gasteiger charge is 2.35. The third-order valence-electron chi connectivity index (χ3n) is 4.93. The summed E-state index contributed by atoms with van der Waals surface area (Å²) >= 11 is 1.56. The minimum Gasteiger partial charge on any atom is -0.495 e. The van der Waals surface area contributed by atoms with Crippen LogP contribution in [0.1, 0.15) is 26.9 Å². The van der Waals surface area contributed by atoms with Gasteiger partial charge in [0.2, 0.25) is 5.91 Å². The number of hydrogen-bond acceptors (Lipinski definition) is 4. The minimum absolute atomic E-state index is 0.0348. The van der Waals surface area contributed by atoms with Crippen LogP contribution >= 0.6 is 11.8 Å². The smallest absolute Gasteiger partial charge is 0.255 e. The van der Waals surface area contributed by atoms with Crippen LogP contribution in [-0.2, 0) is 4.79 Å². The minimum atomic E-state index is -0.193. The van der Waals surface area contributed by atoms with Gasteiger partial charge in [0.1, 0.15) is 11.1 Å². The van der Waals surface area contributed by atoms with E-state index >= 15 is 0 Å². The van der Waals surface area contributed by atoms with Crippen LogP contribution in [0.25, 0.3) is 0 Å². The summed E-state index contributed by atoms with van der Waals surface area (Å²) in [5, 5.41) is 2.75. The lowest BCUT2D eigenvalue weighted by atomic mass is 10.1. The van der Waals surface area contributed by atoms with Crippen molar-refractivity contribution in [2.45, 2.75) is 12.3 Å². The number of methoxy groups -OCH3 is 1. The number of thioether (sulfide) groups is 1. The topological polar surface area (TPSA) is 58.6 Å². The normalized spacial score (nSPS) is 15.9. The number of rotatable bonds is 5. The quantitative estimate of drug-likeness (QED) is 0.631. The Morgan fingerprint density at radius 2 is 1.87 bits per heavy atom. The zero-order chi connectivity index (χ0) is 21.1. The molecule has 3 aromatic carbocycles. The van der Waals surface area contributed by atoms with E-state index in [1.54, 1.807) is 35.9 Å². The third kappa shape index (κ3) is 4.04. The second-order valence-electron chi connectivity index (χ2n) is 7.05. The van der Waals surface area contributed by atoms with Crippen LogP contribution in [-0.4, -0.2) is 24.7 Å². The maximum absolute atomic E-state index is 12.8. The molecule has 3 aromatic rings. The van der Waals surface area contributed by atoms with Crippen molar-refractivity contribution < 1.29 is 14.3 Å². The van der Waals surface area contributed by atoms with E-state index in [1.165, 1.54) is 0 Å². The lowest BCUT2D eigenvalue weighted by molar-refractivity contribution is -0.115.